The molecule has 0 radical (unpaired) electrons. The molecule has 0 saturated heterocycles. The van der Waals surface area contributed by atoms with Gasteiger partial charge in [-0.3, -0.25) is 4.72 Å². The number of aromatic nitrogens is 1. The van der Waals surface area contributed by atoms with Gasteiger partial charge in [-0.15, -0.1) is 0 Å². The third-order valence-corrected chi connectivity index (χ3v) is 4.15. The van der Waals surface area contributed by atoms with Crippen molar-refractivity contribution >= 4 is 21.8 Å². The van der Waals surface area contributed by atoms with Crippen LogP contribution in [0.15, 0.2) is 47.5 Å². The second-order valence-electron chi connectivity index (χ2n) is 4.11. The van der Waals surface area contributed by atoms with Crippen molar-refractivity contribution in [1.29, 1.82) is 0 Å². The number of hydrogen-bond donors (Lipinski definition) is 2. The van der Waals surface area contributed by atoms with E-state index in [4.69, 9.17) is 5.11 Å². The van der Waals surface area contributed by atoms with Crippen LogP contribution in [-0.2, 0) is 10.0 Å². The van der Waals surface area contributed by atoms with Gasteiger partial charge in [0.2, 0.25) is 0 Å². The molecular weight excluding hydrogens is 280 g/mol. The Morgan fingerprint density at radius 3 is 2.45 bits per heavy atom. The maximum Gasteiger partial charge on any atom is 0.337 e. The van der Waals surface area contributed by atoms with Crippen LogP contribution in [0.4, 0.5) is 5.82 Å². The van der Waals surface area contributed by atoms with Gasteiger partial charge < -0.3 is 5.11 Å². The Hall–Kier alpha value is -2.41. The Morgan fingerprint density at radius 2 is 1.90 bits per heavy atom. The van der Waals surface area contributed by atoms with Crippen molar-refractivity contribution in [2.45, 2.75) is 11.8 Å². The quantitative estimate of drug-likeness (QED) is 0.897. The number of anilines is 1. The Balaban J connectivity index is 2.29. The highest BCUT2D eigenvalue weighted by molar-refractivity contribution is 7.92. The SMILES string of the molecule is Cc1ccccc1S(=O)(=O)Nc1ccc(C(=O)O)cn1. The molecule has 20 heavy (non-hydrogen) atoms. The lowest BCUT2D eigenvalue weighted by atomic mass is 10.2. The average molecular weight is 292 g/mol. The number of hydrogen-bond acceptors (Lipinski definition) is 4. The van der Waals surface area contributed by atoms with Crippen molar-refractivity contribution in [2.75, 3.05) is 4.72 Å². The number of aryl methyl sites for hydroxylation is 1. The van der Waals surface area contributed by atoms with Gasteiger partial charge in [0.05, 0.1) is 10.5 Å². The van der Waals surface area contributed by atoms with E-state index in [1.165, 1.54) is 18.2 Å². The molecule has 0 aliphatic carbocycles. The van der Waals surface area contributed by atoms with Gasteiger partial charge in [-0.25, -0.2) is 18.2 Å². The Bertz CT molecular complexity index is 739. The van der Waals surface area contributed by atoms with E-state index in [2.05, 4.69) is 9.71 Å². The highest BCUT2D eigenvalue weighted by atomic mass is 32.2. The molecule has 0 spiro atoms. The lowest BCUT2D eigenvalue weighted by Gasteiger charge is -2.09. The zero-order valence-corrected chi connectivity index (χ0v) is 11.4. The lowest BCUT2D eigenvalue weighted by molar-refractivity contribution is 0.0696. The highest BCUT2D eigenvalue weighted by Crippen LogP contribution is 2.17. The summed E-state index contributed by atoms with van der Waals surface area (Å²) in [5, 5.41) is 8.74. The number of benzene rings is 1. The van der Waals surface area contributed by atoms with Crippen molar-refractivity contribution in [1.82, 2.24) is 4.98 Å². The number of nitrogens with zero attached hydrogens (tertiary/aromatic N) is 1. The van der Waals surface area contributed by atoms with Crippen molar-refractivity contribution in [3.05, 3.63) is 53.7 Å². The summed E-state index contributed by atoms with van der Waals surface area (Å²) in [5.41, 5.74) is 0.603. The van der Waals surface area contributed by atoms with Crippen LogP contribution in [0, 0.1) is 6.92 Å². The minimum atomic E-state index is -3.74. The largest absolute Gasteiger partial charge is 0.478 e. The molecule has 6 nitrogen and oxygen atoms in total. The van der Waals surface area contributed by atoms with E-state index in [9.17, 15) is 13.2 Å². The first-order valence-corrected chi connectivity index (χ1v) is 7.16. The van der Waals surface area contributed by atoms with Crippen LogP contribution < -0.4 is 4.72 Å². The van der Waals surface area contributed by atoms with Crippen LogP contribution in [0.2, 0.25) is 0 Å². The summed E-state index contributed by atoms with van der Waals surface area (Å²) in [6.45, 7) is 1.69. The number of carboxylic acid groups (broad SMARTS) is 1. The summed E-state index contributed by atoms with van der Waals surface area (Å²) in [7, 11) is -3.74. The molecular formula is C13H12N2O4S. The summed E-state index contributed by atoms with van der Waals surface area (Å²) >= 11 is 0. The molecule has 2 aromatic rings. The summed E-state index contributed by atoms with van der Waals surface area (Å²) in [6, 6.07) is 9.14. The van der Waals surface area contributed by atoms with E-state index in [1.807, 2.05) is 0 Å². The van der Waals surface area contributed by atoms with Crippen molar-refractivity contribution in [3.63, 3.8) is 0 Å². The van der Waals surface area contributed by atoms with E-state index >= 15 is 0 Å². The van der Waals surface area contributed by atoms with Crippen LogP contribution in [0.5, 0.6) is 0 Å². The second-order valence-corrected chi connectivity index (χ2v) is 5.76. The van der Waals surface area contributed by atoms with Gasteiger partial charge in [-0.2, -0.15) is 0 Å². The minimum absolute atomic E-state index is 0.0103. The van der Waals surface area contributed by atoms with Crippen molar-refractivity contribution in [3.8, 4) is 0 Å². The Kier molecular flexibility index (Phi) is 3.71. The fourth-order valence-corrected chi connectivity index (χ4v) is 2.89. The van der Waals surface area contributed by atoms with Crippen molar-refractivity contribution in [2.24, 2.45) is 0 Å². The minimum Gasteiger partial charge on any atom is -0.478 e. The molecule has 0 fully saturated rings. The number of pyridine rings is 1. The molecule has 0 saturated carbocycles. The molecule has 0 amide bonds. The maximum atomic E-state index is 12.2. The molecule has 2 rings (SSSR count). The predicted octanol–water partition coefficient (Wildman–Crippen LogP) is 1.89. The zero-order chi connectivity index (χ0) is 14.8. The molecule has 104 valence electrons. The van der Waals surface area contributed by atoms with Gasteiger partial charge in [0, 0.05) is 6.20 Å². The number of carboxylic acids is 1. The van der Waals surface area contributed by atoms with E-state index in [0.29, 0.717) is 5.56 Å². The van der Waals surface area contributed by atoms with Crippen LogP contribution in [-0.4, -0.2) is 24.5 Å². The molecule has 0 aliphatic heterocycles. The monoisotopic (exact) mass is 292 g/mol. The number of aromatic carboxylic acids is 1. The first kappa shape index (κ1) is 14.0. The van der Waals surface area contributed by atoms with E-state index in [0.717, 1.165) is 6.20 Å². The summed E-state index contributed by atoms with van der Waals surface area (Å²) in [5.74, 6) is -1.05. The summed E-state index contributed by atoms with van der Waals surface area (Å²) in [6.07, 6.45) is 1.10. The van der Waals surface area contributed by atoms with Gasteiger partial charge in [-0.1, -0.05) is 18.2 Å². The second kappa shape index (κ2) is 5.30. The van der Waals surface area contributed by atoms with Gasteiger partial charge in [0.1, 0.15) is 5.82 Å². The molecule has 0 atom stereocenters. The maximum absolute atomic E-state index is 12.2. The summed E-state index contributed by atoms with van der Waals surface area (Å²) < 4.78 is 26.7. The smallest absolute Gasteiger partial charge is 0.337 e. The normalized spacial score (nSPS) is 11.1. The standard InChI is InChI=1S/C13H12N2O4S/c1-9-4-2-3-5-11(9)20(18,19)15-12-7-6-10(8-14-12)13(16)17/h2-8H,1H3,(H,14,15)(H,16,17). The fraction of sp³-hybridized carbons (Fsp3) is 0.0769. The third-order valence-electron chi connectivity index (χ3n) is 2.63. The highest BCUT2D eigenvalue weighted by Gasteiger charge is 2.17. The first-order chi connectivity index (χ1) is 9.40. The zero-order valence-electron chi connectivity index (χ0n) is 10.6. The average Bonchev–Trinajstić information content (AvgIpc) is 2.39. The first-order valence-electron chi connectivity index (χ1n) is 5.68. The van der Waals surface area contributed by atoms with Gasteiger partial charge in [0.25, 0.3) is 10.0 Å². The van der Waals surface area contributed by atoms with Crippen molar-refractivity contribution < 1.29 is 18.3 Å². The molecule has 0 unspecified atom stereocenters. The molecule has 1 aromatic carbocycles. The topological polar surface area (TPSA) is 96.4 Å². The third kappa shape index (κ3) is 2.94. The van der Waals surface area contributed by atoms with Crippen LogP contribution in [0.25, 0.3) is 0 Å². The molecule has 1 aromatic heterocycles. The van der Waals surface area contributed by atoms with Gasteiger partial charge >= 0.3 is 5.97 Å². The van der Waals surface area contributed by atoms with E-state index in [1.54, 1.807) is 25.1 Å². The molecule has 2 N–H and O–H groups in total. The number of carbonyl (C=O) groups is 1. The van der Waals surface area contributed by atoms with Crippen LogP contribution in [0.3, 0.4) is 0 Å². The molecule has 7 heteroatoms. The fourth-order valence-electron chi connectivity index (χ4n) is 1.63. The number of sulfonamides is 1. The van der Waals surface area contributed by atoms with Gasteiger partial charge in [-0.05, 0) is 30.7 Å². The Labute approximate surface area is 116 Å². The molecule has 1 heterocycles. The number of rotatable bonds is 4. The summed E-state index contributed by atoms with van der Waals surface area (Å²) in [4.78, 5) is 14.6. The molecule has 0 bridgehead atoms. The van der Waals surface area contributed by atoms with E-state index in [-0.39, 0.29) is 16.3 Å². The Morgan fingerprint density at radius 1 is 1.20 bits per heavy atom. The van der Waals surface area contributed by atoms with Gasteiger partial charge in [0.15, 0.2) is 0 Å². The predicted molar refractivity (Wildman–Crippen MR) is 73.2 cm³/mol. The van der Waals surface area contributed by atoms with Crippen LogP contribution >= 0.6 is 0 Å². The van der Waals surface area contributed by atoms with Crippen LogP contribution in [0.1, 0.15) is 15.9 Å². The molecule has 0 aliphatic rings. The lowest BCUT2D eigenvalue weighted by Crippen LogP contribution is -2.15. The van der Waals surface area contributed by atoms with E-state index < -0.39 is 16.0 Å². The number of nitrogens with one attached hydrogen (secondary N) is 1.